The molecule has 1 aromatic carbocycles. The number of amides is 1. The van der Waals surface area contributed by atoms with Crippen molar-refractivity contribution < 1.29 is 19.1 Å². The molecule has 0 saturated carbocycles. The highest BCUT2D eigenvalue weighted by atomic mass is 16.5. The summed E-state index contributed by atoms with van der Waals surface area (Å²) in [6.07, 6.45) is -0.507. The number of fused-ring (bicyclic) bond motifs is 1. The summed E-state index contributed by atoms with van der Waals surface area (Å²) in [6.45, 7) is 2.98. The van der Waals surface area contributed by atoms with E-state index in [0.29, 0.717) is 17.2 Å². The lowest BCUT2D eigenvalue weighted by atomic mass is 10.2. The molecule has 16 heavy (non-hydrogen) atoms. The summed E-state index contributed by atoms with van der Waals surface area (Å²) in [7, 11) is 0. The average molecular weight is 221 g/mol. The number of anilines is 1. The first-order valence-corrected chi connectivity index (χ1v) is 4.86. The van der Waals surface area contributed by atoms with Crippen LogP contribution in [0.15, 0.2) is 18.2 Å². The van der Waals surface area contributed by atoms with E-state index in [9.17, 15) is 9.59 Å². The fourth-order valence-electron chi connectivity index (χ4n) is 1.42. The fourth-order valence-corrected chi connectivity index (χ4v) is 1.42. The number of ether oxygens (including phenoxy) is 2. The van der Waals surface area contributed by atoms with Gasteiger partial charge in [0.05, 0.1) is 5.69 Å². The highest BCUT2D eigenvalue weighted by molar-refractivity contribution is 5.97. The topological polar surface area (TPSA) is 64.6 Å². The van der Waals surface area contributed by atoms with Crippen LogP contribution in [0.3, 0.4) is 0 Å². The number of hydrogen-bond acceptors (Lipinski definition) is 4. The quantitative estimate of drug-likeness (QED) is 0.574. The van der Waals surface area contributed by atoms with Gasteiger partial charge in [0.25, 0.3) is 5.91 Å². The summed E-state index contributed by atoms with van der Waals surface area (Å²) >= 11 is 0. The maximum Gasteiger partial charge on any atom is 0.308 e. The van der Waals surface area contributed by atoms with Crippen LogP contribution in [0.1, 0.15) is 13.8 Å². The second kappa shape index (κ2) is 3.84. The molecule has 1 aromatic rings. The molecule has 0 saturated heterocycles. The van der Waals surface area contributed by atoms with Crippen LogP contribution in [0.25, 0.3) is 0 Å². The number of rotatable bonds is 1. The molecule has 1 N–H and O–H groups in total. The van der Waals surface area contributed by atoms with Crippen molar-refractivity contribution in [2.24, 2.45) is 0 Å². The molecule has 1 amide bonds. The number of esters is 1. The molecule has 2 rings (SSSR count). The minimum absolute atomic E-state index is 0.215. The fraction of sp³-hybridized carbons (Fsp3) is 0.273. The Labute approximate surface area is 92.4 Å². The van der Waals surface area contributed by atoms with E-state index in [1.54, 1.807) is 25.1 Å². The summed E-state index contributed by atoms with van der Waals surface area (Å²) in [5.74, 6) is 0.330. The third-order valence-electron chi connectivity index (χ3n) is 2.14. The minimum atomic E-state index is -0.507. The second-order valence-corrected chi connectivity index (χ2v) is 3.50. The number of carbonyl (C=O) groups is 2. The minimum Gasteiger partial charge on any atom is -0.479 e. The van der Waals surface area contributed by atoms with Gasteiger partial charge < -0.3 is 14.8 Å². The van der Waals surface area contributed by atoms with Gasteiger partial charge in [0, 0.05) is 13.0 Å². The molecule has 0 bridgehead atoms. The zero-order chi connectivity index (χ0) is 11.7. The number of benzene rings is 1. The normalized spacial score (nSPS) is 18.1. The predicted molar refractivity (Wildman–Crippen MR) is 56.5 cm³/mol. The van der Waals surface area contributed by atoms with E-state index in [-0.39, 0.29) is 5.91 Å². The van der Waals surface area contributed by atoms with Gasteiger partial charge >= 0.3 is 5.97 Å². The van der Waals surface area contributed by atoms with E-state index >= 15 is 0 Å². The lowest BCUT2D eigenvalue weighted by Crippen LogP contribution is -2.34. The first kappa shape index (κ1) is 10.5. The molecule has 1 aliphatic heterocycles. The van der Waals surface area contributed by atoms with E-state index in [0.717, 1.165) is 0 Å². The van der Waals surface area contributed by atoms with E-state index in [1.165, 1.54) is 6.92 Å². The molecular formula is C11H11NO4. The van der Waals surface area contributed by atoms with Crippen LogP contribution in [0.2, 0.25) is 0 Å². The van der Waals surface area contributed by atoms with Crippen LogP contribution in [0.4, 0.5) is 5.69 Å². The molecule has 1 aliphatic rings. The molecule has 0 spiro atoms. The number of nitrogens with one attached hydrogen (secondary N) is 1. The molecule has 5 nitrogen and oxygen atoms in total. The molecule has 5 heteroatoms. The van der Waals surface area contributed by atoms with Crippen molar-refractivity contribution in [2.45, 2.75) is 20.0 Å². The molecule has 0 radical (unpaired) electrons. The average Bonchev–Trinajstić information content (AvgIpc) is 2.19. The largest absolute Gasteiger partial charge is 0.479 e. The van der Waals surface area contributed by atoms with Gasteiger partial charge in [0.1, 0.15) is 11.5 Å². The van der Waals surface area contributed by atoms with E-state index < -0.39 is 12.1 Å². The van der Waals surface area contributed by atoms with Gasteiger partial charge in [0.2, 0.25) is 0 Å². The molecule has 1 heterocycles. The first-order valence-electron chi connectivity index (χ1n) is 4.86. The summed E-state index contributed by atoms with van der Waals surface area (Å²) < 4.78 is 10.2. The highest BCUT2D eigenvalue weighted by Crippen LogP contribution is 2.32. The highest BCUT2D eigenvalue weighted by Gasteiger charge is 2.23. The Balaban J connectivity index is 2.29. The van der Waals surface area contributed by atoms with Crippen molar-refractivity contribution >= 4 is 17.6 Å². The van der Waals surface area contributed by atoms with E-state index in [4.69, 9.17) is 9.47 Å². The van der Waals surface area contributed by atoms with Crippen molar-refractivity contribution in [3.8, 4) is 11.5 Å². The maximum absolute atomic E-state index is 11.3. The Morgan fingerprint density at radius 3 is 2.94 bits per heavy atom. The van der Waals surface area contributed by atoms with Gasteiger partial charge in [-0.2, -0.15) is 0 Å². The van der Waals surface area contributed by atoms with Gasteiger partial charge in [-0.1, -0.05) is 0 Å². The third kappa shape index (κ3) is 1.98. The van der Waals surface area contributed by atoms with Crippen molar-refractivity contribution in [1.29, 1.82) is 0 Å². The van der Waals surface area contributed by atoms with Crippen LogP contribution in [0.5, 0.6) is 11.5 Å². The summed E-state index contributed by atoms with van der Waals surface area (Å²) in [5, 5.41) is 2.67. The van der Waals surface area contributed by atoms with Crippen molar-refractivity contribution in [3.05, 3.63) is 18.2 Å². The second-order valence-electron chi connectivity index (χ2n) is 3.50. The third-order valence-corrected chi connectivity index (χ3v) is 2.14. The van der Waals surface area contributed by atoms with E-state index in [1.807, 2.05) is 0 Å². The monoisotopic (exact) mass is 221 g/mol. The van der Waals surface area contributed by atoms with E-state index in [2.05, 4.69) is 5.32 Å². The van der Waals surface area contributed by atoms with Crippen LogP contribution in [-0.4, -0.2) is 18.0 Å². The first-order chi connectivity index (χ1) is 7.56. The van der Waals surface area contributed by atoms with Crippen LogP contribution >= 0.6 is 0 Å². The Hall–Kier alpha value is -2.04. The van der Waals surface area contributed by atoms with Crippen molar-refractivity contribution in [3.63, 3.8) is 0 Å². The number of carbonyl (C=O) groups excluding carboxylic acids is 2. The standard InChI is InChI=1S/C11H11NO4/c1-6-11(14)12-9-5-8(16-7(2)13)3-4-10(9)15-6/h3-6H,1-2H3,(H,12,14)/t6-/m1/s1. The molecule has 0 fully saturated rings. The van der Waals surface area contributed by atoms with Crippen molar-refractivity contribution in [1.82, 2.24) is 0 Å². The molecule has 0 unspecified atom stereocenters. The predicted octanol–water partition coefficient (Wildman–Crippen LogP) is 1.33. The lowest BCUT2D eigenvalue weighted by molar-refractivity contribution is -0.131. The molecule has 1 atom stereocenters. The smallest absolute Gasteiger partial charge is 0.308 e. The van der Waals surface area contributed by atoms with Crippen molar-refractivity contribution in [2.75, 3.05) is 5.32 Å². The van der Waals surface area contributed by atoms with Gasteiger partial charge in [-0.15, -0.1) is 0 Å². The van der Waals surface area contributed by atoms with Crippen LogP contribution in [-0.2, 0) is 9.59 Å². The molecule has 0 aliphatic carbocycles. The Morgan fingerprint density at radius 1 is 1.50 bits per heavy atom. The van der Waals surface area contributed by atoms with Gasteiger partial charge in [-0.25, -0.2) is 0 Å². The van der Waals surface area contributed by atoms with Gasteiger partial charge in [-0.05, 0) is 19.1 Å². The zero-order valence-corrected chi connectivity index (χ0v) is 8.94. The lowest BCUT2D eigenvalue weighted by Gasteiger charge is -2.23. The summed E-state index contributed by atoms with van der Waals surface area (Å²) in [4.78, 5) is 22.1. The Morgan fingerprint density at radius 2 is 2.25 bits per heavy atom. The Kier molecular flexibility index (Phi) is 2.52. The number of hydrogen-bond donors (Lipinski definition) is 1. The van der Waals surface area contributed by atoms with Gasteiger partial charge in [0.15, 0.2) is 6.10 Å². The molecular weight excluding hydrogens is 210 g/mol. The summed E-state index contributed by atoms with van der Waals surface area (Å²) in [6, 6.07) is 4.83. The zero-order valence-electron chi connectivity index (χ0n) is 8.94. The summed E-state index contributed by atoms with van der Waals surface area (Å²) in [5.41, 5.74) is 0.516. The van der Waals surface area contributed by atoms with Crippen LogP contribution in [0, 0.1) is 0 Å². The SMILES string of the molecule is CC(=O)Oc1ccc2c(c1)NC(=O)[C@@H](C)O2. The Bertz CT molecular complexity index is 455. The maximum atomic E-state index is 11.3. The molecule has 84 valence electrons. The van der Waals surface area contributed by atoms with Gasteiger partial charge in [-0.3, -0.25) is 9.59 Å². The molecule has 0 aromatic heterocycles. The van der Waals surface area contributed by atoms with Crippen LogP contribution < -0.4 is 14.8 Å².